The van der Waals surface area contributed by atoms with Crippen LogP contribution in [0, 0.1) is 20.8 Å². The van der Waals surface area contributed by atoms with E-state index in [1.54, 1.807) is 0 Å². The highest BCUT2D eigenvalue weighted by atomic mass is 16.5. The molecule has 2 rings (SSSR count). The zero-order valence-corrected chi connectivity index (χ0v) is 15.1. The highest BCUT2D eigenvalue weighted by molar-refractivity contribution is 5.77. The van der Waals surface area contributed by atoms with Gasteiger partial charge in [-0.15, -0.1) is 0 Å². The molecule has 1 atom stereocenters. The molecule has 24 heavy (non-hydrogen) atoms. The summed E-state index contributed by atoms with van der Waals surface area (Å²) in [5.74, 6) is 2.30. The Morgan fingerprint density at radius 2 is 1.96 bits per heavy atom. The molecule has 5 heteroatoms. The largest absolute Gasteiger partial charge is 0.483 e. The molecule has 1 amide bonds. The molecule has 0 spiro atoms. The van der Waals surface area contributed by atoms with E-state index in [0.29, 0.717) is 6.54 Å². The number of carbonyl (C=O) groups is 1. The van der Waals surface area contributed by atoms with Crippen molar-refractivity contribution in [3.05, 3.63) is 53.0 Å². The van der Waals surface area contributed by atoms with E-state index in [2.05, 4.69) is 5.32 Å². The second-order valence-corrected chi connectivity index (χ2v) is 6.22. The van der Waals surface area contributed by atoms with Crippen LogP contribution in [0.15, 0.2) is 34.7 Å². The molecule has 0 aliphatic heterocycles. The summed E-state index contributed by atoms with van der Waals surface area (Å²) in [5, 5.41) is 2.91. The van der Waals surface area contributed by atoms with Crippen molar-refractivity contribution in [2.24, 2.45) is 0 Å². The lowest BCUT2D eigenvalue weighted by molar-refractivity contribution is -0.123. The fourth-order valence-electron chi connectivity index (χ4n) is 2.46. The number of hydrogen-bond acceptors (Lipinski definition) is 4. The number of nitrogens with zero attached hydrogens (tertiary/aromatic N) is 1. The first-order valence-corrected chi connectivity index (χ1v) is 8.07. The van der Waals surface area contributed by atoms with Gasteiger partial charge in [0.1, 0.15) is 17.3 Å². The molecule has 1 N–H and O–H groups in total. The van der Waals surface area contributed by atoms with Gasteiger partial charge in [0.25, 0.3) is 5.91 Å². The molecular weight excluding hydrogens is 304 g/mol. The molecule has 2 aromatic rings. The Kier molecular flexibility index (Phi) is 6.04. The third-order valence-corrected chi connectivity index (χ3v) is 4.12. The zero-order valence-electron chi connectivity index (χ0n) is 15.1. The molecule has 0 fully saturated rings. The van der Waals surface area contributed by atoms with Crippen LogP contribution in [0.25, 0.3) is 0 Å². The van der Waals surface area contributed by atoms with Crippen molar-refractivity contribution < 1.29 is 13.9 Å². The minimum absolute atomic E-state index is 0.00161. The van der Waals surface area contributed by atoms with Gasteiger partial charge in [-0.2, -0.15) is 0 Å². The van der Waals surface area contributed by atoms with Gasteiger partial charge in [-0.25, -0.2) is 0 Å². The van der Waals surface area contributed by atoms with Crippen LogP contribution >= 0.6 is 0 Å². The fourth-order valence-corrected chi connectivity index (χ4v) is 2.46. The molecule has 5 nitrogen and oxygen atoms in total. The van der Waals surface area contributed by atoms with E-state index >= 15 is 0 Å². The average molecular weight is 330 g/mol. The number of aryl methyl sites for hydroxylation is 2. The second-order valence-electron chi connectivity index (χ2n) is 6.22. The molecular formula is C19H26N2O3. The number of furan rings is 1. The summed E-state index contributed by atoms with van der Waals surface area (Å²) < 4.78 is 11.3. The molecule has 1 unspecified atom stereocenters. The van der Waals surface area contributed by atoms with Gasteiger partial charge >= 0.3 is 0 Å². The Labute approximate surface area is 143 Å². The second kappa shape index (κ2) is 8.02. The van der Waals surface area contributed by atoms with Crippen molar-refractivity contribution >= 4 is 5.91 Å². The predicted molar refractivity (Wildman–Crippen MR) is 94.3 cm³/mol. The van der Waals surface area contributed by atoms with Crippen LogP contribution in [0.3, 0.4) is 0 Å². The number of likely N-dealkylation sites (N-methyl/N-ethyl adjacent to an activating group) is 1. The SMILES string of the molecule is Cc1ccc(C(CNC(=O)COc2cccc(C)c2C)N(C)C)o1. The third kappa shape index (κ3) is 4.61. The summed E-state index contributed by atoms with van der Waals surface area (Å²) in [7, 11) is 3.92. The lowest BCUT2D eigenvalue weighted by Gasteiger charge is -2.22. The molecule has 0 saturated heterocycles. The maximum atomic E-state index is 12.1. The van der Waals surface area contributed by atoms with Gasteiger partial charge < -0.3 is 14.5 Å². The third-order valence-electron chi connectivity index (χ3n) is 4.12. The first kappa shape index (κ1) is 18.1. The molecule has 0 saturated carbocycles. The number of rotatable bonds is 7. The number of ether oxygens (including phenoxy) is 1. The summed E-state index contributed by atoms with van der Waals surface area (Å²) >= 11 is 0. The van der Waals surface area contributed by atoms with E-state index in [-0.39, 0.29) is 18.6 Å². The Balaban J connectivity index is 1.88. The maximum Gasteiger partial charge on any atom is 0.258 e. The van der Waals surface area contributed by atoms with Gasteiger partial charge in [0, 0.05) is 6.54 Å². The van der Waals surface area contributed by atoms with Gasteiger partial charge in [0.2, 0.25) is 0 Å². The fraction of sp³-hybridized carbons (Fsp3) is 0.421. The summed E-state index contributed by atoms with van der Waals surface area (Å²) in [5.41, 5.74) is 2.20. The maximum absolute atomic E-state index is 12.1. The molecule has 130 valence electrons. The molecule has 0 aliphatic carbocycles. The topological polar surface area (TPSA) is 54.7 Å². The highest BCUT2D eigenvalue weighted by Crippen LogP contribution is 2.21. The molecule has 0 radical (unpaired) electrons. The first-order valence-electron chi connectivity index (χ1n) is 8.07. The van der Waals surface area contributed by atoms with Crippen molar-refractivity contribution in [2.75, 3.05) is 27.2 Å². The number of carbonyl (C=O) groups excluding carboxylic acids is 1. The predicted octanol–water partition coefficient (Wildman–Crippen LogP) is 3.00. The van der Waals surface area contributed by atoms with E-state index < -0.39 is 0 Å². The van der Waals surface area contributed by atoms with Crippen LogP contribution in [-0.4, -0.2) is 38.1 Å². The number of amides is 1. The van der Waals surface area contributed by atoms with Crippen LogP contribution in [0.5, 0.6) is 5.75 Å². The van der Waals surface area contributed by atoms with Crippen molar-refractivity contribution in [1.82, 2.24) is 10.2 Å². The van der Waals surface area contributed by atoms with E-state index in [1.165, 1.54) is 0 Å². The lowest BCUT2D eigenvalue weighted by Crippen LogP contribution is -2.36. The van der Waals surface area contributed by atoms with Crippen molar-refractivity contribution in [2.45, 2.75) is 26.8 Å². The van der Waals surface area contributed by atoms with Gasteiger partial charge in [-0.05, 0) is 64.2 Å². The summed E-state index contributed by atoms with van der Waals surface area (Å²) in [6.45, 7) is 6.39. The van der Waals surface area contributed by atoms with Gasteiger partial charge in [0.15, 0.2) is 6.61 Å². The van der Waals surface area contributed by atoms with Crippen molar-refractivity contribution in [3.8, 4) is 5.75 Å². The van der Waals surface area contributed by atoms with Crippen LogP contribution in [-0.2, 0) is 4.79 Å². The molecule has 1 heterocycles. The number of hydrogen-bond donors (Lipinski definition) is 1. The van der Waals surface area contributed by atoms with Crippen LogP contribution in [0.2, 0.25) is 0 Å². The van der Waals surface area contributed by atoms with Gasteiger partial charge in [-0.3, -0.25) is 9.69 Å². The average Bonchev–Trinajstić information content (AvgIpc) is 2.95. The lowest BCUT2D eigenvalue weighted by atomic mass is 10.1. The zero-order chi connectivity index (χ0) is 17.7. The van der Waals surface area contributed by atoms with E-state index in [9.17, 15) is 4.79 Å². The quantitative estimate of drug-likeness (QED) is 0.848. The minimum Gasteiger partial charge on any atom is -0.483 e. The first-order chi connectivity index (χ1) is 11.4. The summed E-state index contributed by atoms with van der Waals surface area (Å²) in [6.07, 6.45) is 0. The number of nitrogens with one attached hydrogen (secondary N) is 1. The Hall–Kier alpha value is -2.27. The minimum atomic E-state index is -0.147. The molecule has 0 aliphatic rings. The Bertz CT molecular complexity index is 692. The van der Waals surface area contributed by atoms with Gasteiger partial charge in [-0.1, -0.05) is 12.1 Å². The van der Waals surface area contributed by atoms with E-state index in [0.717, 1.165) is 28.4 Å². The highest BCUT2D eigenvalue weighted by Gasteiger charge is 2.18. The van der Waals surface area contributed by atoms with E-state index in [1.807, 2.05) is 70.1 Å². The Morgan fingerprint density at radius 1 is 1.21 bits per heavy atom. The summed E-state index contributed by atoms with van der Waals surface area (Å²) in [6, 6.07) is 9.69. The van der Waals surface area contributed by atoms with Crippen LogP contribution in [0.1, 0.15) is 28.7 Å². The van der Waals surface area contributed by atoms with Crippen molar-refractivity contribution in [3.63, 3.8) is 0 Å². The van der Waals surface area contributed by atoms with Crippen molar-refractivity contribution in [1.29, 1.82) is 0 Å². The monoisotopic (exact) mass is 330 g/mol. The van der Waals surface area contributed by atoms with E-state index in [4.69, 9.17) is 9.15 Å². The van der Waals surface area contributed by atoms with Crippen LogP contribution in [0.4, 0.5) is 0 Å². The van der Waals surface area contributed by atoms with Crippen LogP contribution < -0.4 is 10.1 Å². The number of benzene rings is 1. The normalized spacial score (nSPS) is 12.2. The molecule has 0 bridgehead atoms. The smallest absolute Gasteiger partial charge is 0.258 e. The molecule has 1 aromatic heterocycles. The summed E-state index contributed by atoms with van der Waals surface area (Å²) in [4.78, 5) is 14.1. The standard InChI is InChI=1S/C19H26N2O3/c1-13-7-6-8-17(15(13)3)23-12-19(22)20-11-16(21(4)5)18-10-9-14(2)24-18/h6-10,16H,11-12H2,1-5H3,(H,20,22). The van der Waals surface area contributed by atoms with Gasteiger partial charge in [0.05, 0.1) is 6.04 Å². The molecule has 1 aromatic carbocycles. The Morgan fingerprint density at radius 3 is 2.58 bits per heavy atom.